The molecule has 0 spiro atoms. The summed E-state index contributed by atoms with van der Waals surface area (Å²) in [5.74, 6) is -0.227. The molecule has 2 N–H and O–H groups in total. The normalized spacial score (nSPS) is 12.8. The summed E-state index contributed by atoms with van der Waals surface area (Å²) in [7, 11) is 2.02. The van der Waals surface area contributed by atoms with Crippen molar-refractivity contribution in [2.45, 2.75) is 26.3 Å². The van der Waals surface area contributed by atoms with Gasteiger partial charge in [0.25, 0.3) is 5.91 Å². The van der Waals surface area contributed by atoms with Crippen molar-refractivity contribution in [1.29, 1.82) is 0 Å². The predicted octanol–water partition coefficient (Wildman–Crippen LogP) is 3.28. The highest BCUT2D eigenvalue weighted by Gasteiger charge is 2.19. The van der Waals surface area contributed by atoms with Gasteiger partial charge in [-0.3, -0.25) is 9.59 Å². The fourth-order valence-electron chi connectivity index (χ4n) is 2.66. The van der Waals surface area contributed by atoms with Crippen LogP contribution in [0.1, 0.15) is 29.8 Å². The summed E-state index contributed by atoms with van der Waals surface area (Å²) in [6.07, 6.45) is 0.376. The highest BCUT2D eigenvalue weighted by atomic mass is 16.2. The van der Waals surface area contributed by atoms with E-state index in [0.29, 0.717) is 18.0 Å². The third-order valence-corrected chi connectivity index (χ3v) is 4.28. The molecule has 0 saturated carbocycles. The second kappa shape index (κ2) is 6.35. The fraction of sp³-hybridized carbons (Fsp3) is 0.263. The van der Waals surface area contributed by atoms with Crippen LogP contribution in [0.25, 0.3) is 0 Å². The first kappa shape index (κ1) is 16.1. The van der Waals surface area contributed by atoms with Gasteiger partial charge in [0, 0.05) is 35.7 Å². The van der Waals surface area contributed by atoms with Crippen LogP contribution in [0.2, 0.25) is 0 Å². The van der Waals surface area contributed by atoms with Crippen LogP contribution in [0.4, 0.5) is 17.1 Å². The molecule has 2 aromatic carbocycles. The molecule has 0 radical (unpaired) electrons. The molecule has 0 aromatic heterocycles. The highest BCUT2D eigenvalue weighted by molar-refractivity contribution is 6.07. The second-order valence-corrected chi connectivity index (χ2v) is 6.31. The number of rotatable bonds is 4. The number of amides is 2. The standard InChI is InChI=1S/C19H21N3O2/c1-12(2)22(3)16-6-4-5-15(11-16)20-19(24)14-8-7-13-10-18(23)21-17(13)9-14/h4-9,11-12H,10H2,1-3H3,(H,20,24)(H,21,23). The average Bonchev–Trinajstić information content (AvgIpc) is 2.93. The van der Waals surface area contributed by atoms with Crippen LogP contribution in [0.3, 0.4) is 0 Å². The van der Waals surface area contributed by atoms with Gasteiger partial charge in [0.2, 0.25) is 5.91 Å². The molecule has 24 heavy (non-hydrogen) atoms. The van der Waals surface area contributed by atoms with Gasteiger partial charge in [-0.25, -0.2) is 0 Å². The third kappa shape index (κ3) is 3.25. The van der Waals surface area contributed by atoms with Crippen LogP contribution in [-0.4, -0.2) is 24.9 Å². The minimum absolute atomic E-state index is 0.0352. The zero-order valence-electron chi connectivity index (χ0n) is 14.1. The first-order valence-corrected chi connectivity index (χ1v) is 8.01. The van der Waals surface area contributed by atoms with Crippen LogP contribution >= 0.6 is 0 Å². The van der Waals surface area contributed by atoms with Gasteiger partial charge in [-0.15, -0.1) is 0 Å². The Bertz CT molecular complexity index is 799. The van der Waals surface area contributed by atoms with Gasteiger partial charge < -0.3 is 15.5 Å². The molecule has 124 valence electrons. The number of benzene rings is 2. The number of fused-ring (bicyclic) bond motifs is 1. The Kier molecular flexibility index (Phi) is 4.25. The lowest BCUT2D eigenvalue weighted by molar-refractivity contribution is -0.115. The maximum atomic E-state index is 12.5. The zero-order valence-corrected chi connectivity index (χ0v) is 14.1. The molecule has 0 unspecified atom stereocenters. The van der Waals surface area contributed by atoms with Crippen LogP contribution in [0.5, 0.6) is 0 Å². The minimum Gasteiger partial charge on any atom is -0.372 e. The summed E-state index contributed by atoms with van der Waals surface area (Å²) in [5.41, 5.74) is 3.97. The van der Waals surface area contributed by atoms with Gasteiger partial charge in [0.1, 0.15) is 0 Å². The van der Waals surface area contributed by atoms with E-state index in [0.717, 1.165) is 22.6 Å². The van der Waals surface area contributed by atoms with Gasteiger partial charge in [-0.05, 0) is 49.7 Å². The van der Waals surface area contributed by atoms with E-state index >= 15 is 0 Å². The summed E-state index contributed by atoms with van der Waals surface area (Å²) in [6.45, 7) is 4.23. The van der Waals surface area contributed by atoms with Crippen molar-refractivity contribution in [3.8, 4) is 0 Å². The molecule has 5 nitrogen and oxygen atoms in total. The van der Waals surface area contributed by atoms with Crippen LogP contribution < -0.4 is 15.5 Å². The molecule has 1 aliphatic heterocycles. The molecule has 0 fully saturated rings. The molecule has 0 saturated heterocycles. The van der Waals surface area contributed by atoms with E-state index in [1.807, 2.05) is 37.4 Å². The summed E-state index contributed by atoms with van der Waals surface area (Å²) in [4.78, 5) is 26.0. The third-order valence-electron chi connectivity index (χ3n) is 4.28. The Labute approximate surface area is 141 Å². The maximum Gasteiger partial charge on any atom is 0.255 e. The summed E-state index contributed by atoms with van der Waals surface area (Å²) in [5, 5.41) is 5.68. The molecule has 5 heteroatoms. The monoisotopic (exact) mass is 323 g/mol. The molecule has 0 atom stereocenters. The van der Waals surface area contributed by atoms with Gasteiger partial charge in [0.05, 0.1) is 6.42 Å². The lowest BCUT2D eigenvalue weighted by atomic mass is 10.1. The summed E-state index contributed by atoms with van der Waals surface area (Å²) in [6, 6.07) is 13.4. The van der Waals surface area contributed by atoms with Gasteiger partial charge >= 0.3 is 0 Å². The minimum atomic E-state index is -0.191. The number of carbonyl (C=O) groups is 2. The Morgan fingerprint density at radius 1 is 1.21 bits per heavy atom. The first-order valence-electron chi connectivity index (χ1n) is 8.01. The molecular formula is C19H21N3O2. The van der Waals surface area contributed by atoms with E-state index in [1.54, 1.807) is 12.1 Å². The van der Waals surface area contributed by atoms with Crippen molar-refractivity contribution in [3.63, 3.8) is 0 Å². The Morgan fingerprint density at radius 2 is 2.00 bits per heavy atom. The van der Waals surface area contributed by atoms with Gasteiger partial charge in [-0.2, -0.15) is 0 Å². The van der Waals surface area contributed by atoms with Gasteiger partial charge in [0.15, 0.2) is 0 Å². The van der Waals surface area contributed by atoms with E-state index in [-0.39, 0.29) is 11.8 Å². The largest absolute Gasteiger partial charge is 0.372 e. The average molecular weight is 323 g/mol. The van der Waals surface area contributed by atoms with E-state index in [9.17, 15) is 9.59 Å². The van der Waals surface area contributed by atoms with Crippen molar-refractivity contribution in [2.24, 2.45) is 0 Å². The molecule has 2 amide bonds. The highest BCUT2D eigenvalue weighted by Crippen LogP contribution is 2.25. The van der Waals surface area contributed by atoms with Crippen molar-refractivity contribution in [2.75, 3.05) is 22.6 Å². The summed E-state index contributed by atoms with van der Waals surface area (Å²) < 4.78 is 0. The lowest BCUT2D eigenvalue weighted by Crippen LogP contribution is -2.25. The number of nitrogens with zero attached hydrogens (tertiary/aromatic N) is 1. The molecule has 2 aromatic rings. The second-order valence-electron chi connectivity index (χ2n) is 6.31. The smallest absolute Gasteiger partial charge is 0.255 e. The maximum absolute atomic E-state index is 12.5. The SMILES string of the molecule is CC(C)N(C)c1cccc(NC(=O)c2ccc3c(c2)NC(=O)C3)c1. The zero-order chi connectivity index (χ0) is 17.3. The number of anilines is 3. The topological polar surface area (TPSA) is 61.4 Å². The Morgan fingerprint density at radius 3 is 2.75 bits per heavy atom. The number of hydrogen-bond donors (Lipinski definition) is 2. The number of nitrogens with one attached hydrogen (secondary N) is 2. The first-order chi connectivity index (χ1) is 11.4. The van der Waals surface area contributed by atoms with Crippen LogP contribution in [0.15, 0.2) is 42.5 Å². The summed E-state index contributed by atoms with van der Waals surface area (Å²) >= 11 is 0. The van der Waals surface area contributed by atoms with Crippen LogP contribution in [0, 0.1) is 0 Å². The fourth-order valence-corrected chi connectivity index (χ4v) is 2.66. The molecular weight excluding hydrogens is 302 g/mol. The quantitative estimate of drug-likeness (QED) is 0.908. The Hall–Kier alpha value is -2.82. The number of carbonyl (C=O) groups excluding carboxylic acids is 2. The van der Waals surface area contributed by atoms with Crippen molar-refractivity contribution < 1.29 is 9.59 Å². The molecule has 1 aliphatic rings. The lowest BCUT2D eigenvalue weighted by Gasteiger charge is -2.24. The van der Waals surface area contributed by atoms with Crippen molar-refractivity contribution in [3.05, 3.63) is 53.6 Å². The number of hydrogen-bond acceptors (Lipinski definition) is 3. The molecule has 0 aliphatic carbocycles. The van der Waals surface area contributed by atoms with Crippen molar-refractivity contribution in [1.82, 2.24) is 0 Å². The molecule has 3 rings (SSSR count). The molecule has 1 heterocycles. The van der Waals surface area contributed by atoms with E-state index in [1.165, 1.54) is 0 Å². The van der Waals surface area contributed by atoms with E-state index in [4.69, 9.17) is 0 Å². The van der Waals surface area contributed by atoms with Gasteiger partial charge in [-0.1, -0.05) is 12.1 Å². The predicted molar refractivity (Wildman–Crippen MR) is 96.7 cm³/mol. The van der Waals surface area contributed by atoms with E-state index in [2.05, 4.69) is 29.4 Å². The Balaban J connectivity index is 1.77. The molecule has 0 bridgehead atoms. The van der Waals surface area contributed by atoms with Crippen molar-refractivity contribution >= 4 is 28.9 Å². The van der Waals surface area contributed by atoms with Crippen LogP contribution in [-0.2, 0) is 11.2 Å². The van der Waals surface area contributed by atoms with E-state index < -0.39 is 0 Å².